The van der Waals surface area contributed by atoms with Crippen LogP contribution in [-0.4, -0.2) is 22.2 Å². The van der Waals surface area contributed by atoms with E-state index in [0.717, 1.165) is 10.4 Å². The number of nitrogens with zero attached hydrogens (tertiary/aromatic N) is 1. The molecule has 0 aliphatic heterocycles. The molecule has 3 nitrogen and oxygen atoms in total. The molecule has 0 saturated carbocycles. The van der Waals surface area contributed by atoms with Gasteiger partial charge in [0.15, 0.2) is 0 Å². The van der Waals surface area contributed by atoms with Gasteiger partial charge in [-0.25, -0.2) is 9.37 Å². The van der Waals surface area contributed by atoms with Crippen molar-refractivity contribution in [3.05, 3.63) is 41.2 Å². The lowest BCUT2D eigenvalue weighted by Crippen LogP contribution is -2.33. The molecule has 0 spiro atoms. The zero-order valence-corrected chi connectivity index (χ0v) is 10.3. The molecule has 0 aliphatic rings. The van der Waals surface area contributed by atoms with E-state index in [0.29, 0.717) is 11.3 Å². The molecule has 2 aromatic rings. The summed E-state index contributed by atoms with van der Waals surface area (Å²) in [6.45, 7) is 0. The van der Waals surface area contributed by atoms with Crippen molar-refractivity contribution in [1.29, 1.82) is 0 Å². The lowest BCUT2D eigenvalue weighted by Gasteiger charge is -2.07. The van der Waals surface area contributed by atoms with Crippen molar-refractivity contribution < 1.29 is 14.4 Å². The van der Waals surface area contributed by atoms with Gasteiger partial charge in [-0.2, -0.15) is 0 Å². The second-order valence-electron chi connectivity index (χ2n) is 3.30. The smallest absolute Gasteiger partial charge is 0.423 e. The van der Waals surface area contributed by atoms with E-state index >= 15 is 0 Å². The third-order valence-electron chi connectivity index (χ3n) is 2.15. The fourth-order valence-electron chi connectivity index (χ4n) is 1.36. The minimum absolute atomic E-state index is 0.203. The Balaban J connectivity index is 2.14. The van der Waals surface area contributed by atoms with Crippen molar-refractivity contribution in [3.8, 4) is 0 Å². The van der Waals surface area contributed by atoms with Gasteiger partial charge in [0.2, 0.25) is 0 Å². The van der Waals surface area contributed by atoms with Gasteiger partial charge in [-0.1, -0.05) is 17.8 Å². The monoisotopic (exact) mass is 269 g/mol. The lowest BCUT2D eigenvalue weighted by molar-refractivity contribution is 0.425. The summed E-state index contributed by atoms with van der Waals surface area (Å²) >= 11 is 2.99. The van der Waals surface area contributed by atoms with Gasteiger partial charge in [0.05, 0.1) is 0 Å². The topological polar surface area (TPSA) is 53.4 Å². The average molecular weight is 269 g/mol. The van der Waals surface area contributed by atoms with E-state index in [4.69, 9.17) is 10.0 Å². The number of thioether (sulfide) groups is 1. The summed E-state index contributed by atoms with van der Waals surface area (Å²) in [7, 11) is -1.66. The SMILES string of the molecule is OB(O)c1cc(F)ccc1CSc1nccs1. The number of halogens is 1. The molecule has 7 heteroatoms. The molecule has 2 N–H and O–H groups in total. The van der Waals surface area contributed by atoms with Crippen molar-refractivity contribution in [2.24, 2.45) is 0 Å². The van der Waals surface area contributed by atoms with Crippen LogP contribution in [0.5, 0.6) is 0 Å². The minimum Gasteiger partial charge on any atom is -0.423 e. The van der Waals surface area contributed by atoms with E-state index in [-0.39, 0.29) is 5.46 Å². The zero-order valence-electron chi connectivity index (χ0n) is 8.71. The third-order valence-corrected chi connectivity index (χ3v) is 4.16. The summed E-state index contributed by atoms with van der Waals surface area (Å²) in [5.74, 6) is 0.0527. The Hall–Kier alpha value is -0.885. The van der Waals surface area contributed by atoms with E-state index in [9.17, 15) is 4.39 Å². The van der Waals surface area contributed by atoms with Crippen LogP contribution in [0.15, 0.2) is 34.1 Å². The Morgan fingerprint density at radius 1 is 1.41 bits per heavy atom. The van der Waals surface area contributed by atoms with E-state index in [1.807, 2.05) is 5.38 Å². The van der Waals surface area contributed by atoms with Crippen molar-refractivity contribution in [2.75, 3.05) is 0 Å². The van der Waals surface area contributed by atoms with E-state index in [1.165, 1.54) is 29.2 Å². The normalized spacial score (nSPS) is 10.5. The van der Waals surface area contributed by atoms with Crippen molar-refractivity contribution in [2.45, 2.75) is 10.1 Å². The predicted molar refractivity (Wildman–Crippen MR) is 67.9 cm³/mol. The lowest BCUT2D eigenvalue weighted by atomic mass is 9.77. The van der Waals surface area contributed by atoms with Gasteiger partial charge in [-0.3, -0.25) is 0 Å². The average Bonchev–Trinajstić information content (AvgIpc) is 2.80. The molecule has 1 heterocycles. The Morgan fingerprint density at radius 3 is 2.88 bits per heavy atom. The van der Waals surface area contributed by atoms with Crippen molar-refractivity contribution >= 4 is 35.7 Å². The highest BCUT2D eigenvalue weighted by molar-refractivity contribution is 8.00. The number of hydrogen-bond donors (Lipinski definition) is 2. The Kier molecular flexibility index (Phi) is 4.17. The summed E-state index contributed by atoms with van der Waals surface area (Å²) in [6, 6.07) is 4.01. The second-order valence-corrected chi connectivity index (χ2v) is 5.42. The quantitative estimate of drug-likeness (QED) is 0.648. The standard InChI is InChI=1S/C10H9BFNO2S2/c12-8-2-1-7(9(5-8)11(14)15)6-17-10-13-3-4-16-10/h1-5,14-15H,6H2. The molecule has 0 atom stereocenters. The number of aromatic nitrogens is 1. The first-order chi connectivity index (χ1) is 8.16. The van der Waals surface area contributed by atoms with Gasteiger partial charge in [-0.15, -0.1) is 11.3 Å². The summed E-state index contributed by atoms with van der Waals surface area (Å²) in [5.41, 5.74) is 0.899. The molecule has 0 bridgehead atoms. The third kappa shape index (κ3) is 3.29. The molecule has 88 valence electrons. The summed E-state index contributed by atoms with van der Waals surface area (Å²) in [6.07, 6.45) is 1.71. The van der Waals surface area contributed by atoms with Crippen LogP contribution < -0.4 is 5.46 Å². The maximum absolute atomic E-state index is 13.0. The summed E-state index contributed by atoms with van der Waals surface area (Å²) in [5, 5.41) is 20.2. The highest BCUT2D eigenvalue weighted by Gasteiger charge is 2.17. The van der Waals surface area contributed by atoms with E-state index < -0.39 is 12.9 Å². The molecule has 17 heavy (non-hydrogen) atoms. The minimum atomic E-state index is -1.66. The van der Waals surface area contributed by atoms with Crippen LogP contribution in [0.25, 0.3) is 0 Å². The van der Waals surface area contributed by atoms with E-state index in [2.05, 4.69) is 4.98 Å². The second kappa shape index (κ2) is 5.64. The predicted octanol–water partition coefficient (Wildman–Crippen LogP) is 1.25. The molecule has 0 unspecified atom stereocenters. The fourth-order valence-corrected chi connectivity index (χ4v) is 3.01. The molecule has 0 fully saturated rings. The van der Waals surface area contributed by atoms with Crippen LogP contribution in [-0.2, 0) is 5.75 Å². The Morgan fingerprint density at radius 2 is 2.24 bits per heavy atom. The first-order valence-electron chi connectivity index (χ1n) is 4.83. The Labute approximate surface area is 106 Å². The van der Waals surface area contributed by atoms with Crippen molar-refractivity contribution in [1.82, 2.24) is 4.98 Å². The number of benzene rings is 1. The largest absolute Gasteiger partial charge is 0.488 e. The first-order valence-corrected chi connectivity index (χ1v) is 6.70. The molecule has 2 rings (SSSR count). The number of thiazole rings is 1. The molecule has 1 aromatic heterocycles. The molecule has 0 amide bonds. The summed E-state index contributed by atoms with van der Waals surface area (Å²) in [4.78, 5) is 4.11. The van der Waals surface area contributed by atoms with Gasteiger partial charge < -0.3 is 10.0 Å². The van der Waals surface area contributed by atoms with Gasteiger partial charge in [0.25, 0.3) is 0 Å². The van der Waals surface area contributed by atoms with Crippen LogP contribution in [0.4, 0.5) is 4.39 Å². The van der Waals surface area contributed by atoms with Crippen LogP contribution in [0.3, 0.4) is 0 Å². The van der Waals surface area contributed by atoms with Gasteiger partial charge in [0, 0.05) is 17.3 Å². The molecular weight excluding hydrogens is 260 g/mol. The number of rotatable bonds is 4. The first kappa shape index (κ1) is 12.6. The number of hydrogen-bond acceptors (Lipinski definition) is 5. The van der Waals surface area contributed by atoms with Crippen LogP contribution in [0.1, 0.15) is 5.56 Å². The molecule has 0 saturated heterocycles. The van der Waals surface area contributed by atoms with Crippen LogP contribution >= 0.6 is 23.1 Å². The molecular formula is C10H9BFNO2S2. The van der Waals surface area contributed by atoms with Crippen LogP contribution in [0, 0.1) is 5.82 Å². The van der Waals surface area contributed by atoms with Gasteiger partial charge in [-0.05, 0) is 23.2 Å². The van der Waals surface area contributed by atoms with Crippen LogP contribution in [0.2, 0.25) is 0 Å². The molecule has 0 aliphatic carbocycles. The maximum atomic E-state index is 13.0. The molecule has 0 radical (unpaired) electrons. The van der Waals surface area contributed by atoms with E-state index in [1.54, 1.807) is 12.3 Å². The van der Waals surface area contributed by atoms with Crippen molar-refractivity contribution in [3.63, 3.8) is 0 Å². The van der Waals surface area contributed by atoms with Gasteiger partial charge in [0.1, 0.15) is 10.2 Å². The van der Waals surface area contributed by atoms with Gasteiger partial charge >= 0.3 is 7.12 Å². The summed E-state index contributed by atoms with van der Waals surface area (Å²) < 4.78 is 13.9. The fraction of sp³-hybridized carbons (Fsp3) is 0.100. The highest BCUT2D eigenvalue weighted by atomic mass is 32.2. The maximum Gasteiger partial charge on any atom is 0.488 e. The zero-order chi connectivity index (χ0) is 12.3. The highest BCUT2D eigenvalue weighted by Crippen LogP contribution is 2.23. The Bertz CT molecular complexity index is 493. The molecule has 1 aromatic carbocycles.